The van der Waals surface area contributed by atoms with Crippen LogP contribution in [0.3, 0.4) is 0 Å². The summed E-state index contributed by atoms with van der Waals surface area (Å²) in [5.74, 6) is -0.549. The molecule has 0 aliphatic carbocycles. The number of carbonyl (C=O) groups is 1. The Kier molecular flexibility index (Phi) is 4.54. The zero-order valence-electron chi connectivity index (χ0n) is 16.6. The average Bonchev–Trinajstić information content (AvgIpc) is 2.97. The number of nitrogens with one attached hydrogen (secondary N) is 1. The van der Waals surface area contributed by atoms with Crippen molar-refractivity contribution >= 4 is 11.6 Å². The highest BCUT2D eigenvalue weighted by Gasteiger charge is 2.23. The van der Waals surface area contributed by atoms with Crippen LogP contribution >= 0.6 is 0 Å². The Morgan fingerprint density at radius 3 is 2.22 bits per heavy atom. The molecule has 0 aliphatic heterocycles. The first-order valence-electron chi connectivity index (χ1n) is 8.94. The Morgan fingerprint density at radius 2 is 1.67 bits per heavy atom. The van der Waals surface area contributed by atoms with Crippen LogP contribution in [0.15, 0.2) is 36.4 Å². The molecule has 1 N–H and O–H groups in total. The van der Waals surface area contributed by atoms with Gasteiger partial charge in [0.2, 0.25) is 0 Å². The number of hydrogen-bond acceptors (Lipinski definition) is 3. The lowest BCUT2D eigenvalue weighted by Crippen LogP contribution is -2.41. The van der Waals surface area contributed by atoms with E-state index in [-0.39, 0.29) is 22.7 Å². The molecule has 0 saturated heterocycles. The second-order valence-corrected chi connectivity index (χ2v) is 8.79. The first-order chi connectivity index (χ1) is 12.4. The summed E-state index contributed by atoms with van der Waals surface area (Å²) in [6.45, 7) is 12.0. The van der Waals surface area contributed by atoms with Crippen molar-refractivity contribution in [3.8, 4) is 11.3 Å². The summed E-state index contributed by atoms with van der Waals surface area (Å²) in [5.41, 5.74) is 2.59. The molecule has 2 aromatic heterocycles. The van der Waals surface area contributed by atoms with E-state index in [0.29, 0.717) is 17.0 Å². The molecule has 0 fully saturated rings. The van der Waals surface area contributed by atoms with Crippen LogP contribution in [0.2, 0.25) is 0 Å². The molecule has 0 unspecified atom stereocenters. The van der Waals surface area contributed by atoms with Crippen molar-refractivity contribution in [3.05, 3.63) is 53.6 Å². The summed E-state index contributed by atoms with van der Waals surface area (Å²) in [4.78, 5) is 17.6. The van der Waals surface area contributed by atoms with E-state index < -0.39 is 0 Å². The van der Waals surface area contributed by atoms with Gasteiger partial charge in [-0.1, -0.05) is 20.8 Å². The summed E-state index contributed by atoms with van der Waals surface area (Å²) in [6.07, 6.45) is 0. The highest BCUT2D eigenvalue weighted by Crippen LogP contribution is 2.25. The number of benzene rings is 1. The first kappa shape index (κ1) is 19.0. The predicted molar refractivity (Wildman–Crippen MR) is 104 cm³/mol. The molecule has 142 valence electrons. The van der Waals surface area contributed by atoms with Crippen molar-refractivity contribution in [2.24, 2.45) is 0 Å². The number of hydrogen-bond donors (Lipinski definition) is 1. The monoisotopic (exact) mass is 368 g/mol. The molecule has 1 aromatic carbocycles. The molecule has 6 heteroatoms. The van der Waals surface area contributed by atoms with Crippen molar-refractivity contribution in [2.75, 3.05) is 0 Å². The molecule has 27 heavy (non-hydrogen) atoms. The molecule has 0 spiro atoms. The number of aromatic nitrogens is 3. The lowest BCUT2D eigenvalue weighted by Gasteiger charge is -2.21. The first-order valence-corrected chi connectivity index (χ1v) is 8.94. The van der Waals surface area contributed by atoms with Gasteiger partial charge in [-0.2, -0.15) is 5.10 Å². The molecule has 0 aliphatic rings. The van der Waals surface area contributed by atoms with Crippen LogP contribution in [-0.2, 0) is 5.41 Å². The summed E-state index contributed by atoms with van der Waals surface area (Å²) >= 11 is 0. The van der Waals surface area contributed by atoms with Gasteiger partial charge < -0.3 is 5.32 Å². The van der Waals surface area contributed by atoms with Crippen LogP contribution in [-0.4, -0.2) is 26.0 Å². The molecule has 0 atom stereocenters. The molecule has 0 saturated carbocycles. The number of nitrogens with zero attached hydrogens (tertiary/aromatic N) is 3. The van der Waals surface area contributed by atoms with Gasteiger partial charge in [0.1, 0.15) is 11.5 Å². The zero-order chi connectivity index (χ0) is 20.0. The van der Waals surface area contributed by atoms with E-state index >= 15 is 0 Å². The van der Waals surface area contributed by atoms with Crippen LogP contribution in [0.25, 0.3) is 16.9 Å². The minimum atomic E-state index is -0.386. The lowest BCUT2D eigenvalue weighted by molar-refractivity contribution is 0.0911. The van der Waals surface area contributed by atoms with Crippen molar-refractivity contribution in [1.29, 1.82) is 0 Å². The fourth-order valence-corrected chi connectivity index (χ4v) is 2.68. The van der Waals surface area contributed by atoms with Crippen LogP contribution in [0.4, 0.5) is 4.39 Å². The highest BCUT2D eigenvalue weighted by atomic mass is 19.1. The maximum atomic E-state index is 13.3. The van der Waals surface area contributed by atoms with Gasteiger partial charge in [-0.05, 0) is 51.1 Å². The largest absolute Gasteiger partial charge is 0.346 e. The van der Waals surface area contributed by atoms with Gasteiger partial charge in [-0.3, -0.25) is 4.79 Å². The van der Waals surface area contributed by atoms with E-state index in [1.54, 1.807) is 22.7 Å². The highest BCUT2D eigenvalue weighted by molar-refractivity contribution is 5.94. The number of halogens is 1. The van der Waals surface area contributed by atoms with Crippen LogP contribution in [0, 0.1) is 5.82 Å². The van der Waals surface area contributed by atoms with Gasteiger partial charge in [-0.25, -0.2) is 13.9 Å². The van der Waals surface area contributed by atoms with Gasteiger partial charge in [0, 0.05) is 22.6 Å². The minimum absolute atomic E-state index is 0.179. The molecule has 3 aromatic rings. The summed E-state index contributed by atoms with van der Waals surface area (Å²) < 4.78 is 14.9. The average molecular weight is 368 g/mol. The number of amides is 1. The Morgan fingerprint density at radius 1 is 1.04 bits per heavy atom. The number of fused-ring (bicyclic) bond motifs is 1. The minimum Gasteiger partial charge on any atom is -0.346 e. The number of carbonyl (C=O) groups excluding carboxylic acids is 1. The van der Waals surface area contributed by atoms with E-state index in [1.807, 2.05) is 26.8 Å². The van der Waals surface area contributed by atoms with E-state index in [9.17, 15) is 9.18 Å². The molecule has 0 radical (unpaired) electrons. The standard InChI is InChI=1S/C21H25FN4O/c1-20(2,3)17-12-18-23-15(13-7-9-14(22)10-8-13)11-16(26(18)25-17)19(27)24-21(4,5)6/h7-12H,1-6H3,(H,24,27). The third kappa shape index (κ3) is 4.15. The topological polar surface area (TPSA) is 59.3 Å². The van der Waals surface area contributed by atoms with Crippen molar-refractivity contribution < 1.29 is 9.18 Å². The summed E-state index contributed by atoms with van der Waals surface area (Å²) in [7, 11) is 0. The molecular weight excluding hydrogens is 343 g/mol. The SMILES string of the molecule is CC(C)(C)NC(=O)c1cc(-c2ccc(F)cc2)nc2cc(C(C)(C)C)nn12. The lowest BCUT2D eigenvalue weighted by atomic mass is 9.93. The molecule has 1 amide bonds. The normalized spacial score (nSPS) is 12.4. The van der Waals surface area contributed by atoms with Crippen LogP contribution < -0.4 is 5.32 Å². The van der Waals surface area contributed by atoms with Gasteiger partial charge >= 0.3 is 0 Å². The van der Waals surface area contributed by atoms with Crippen molar-refractivity contribution in [1.82, 2.24) is 19.9 Å². The second-order valence-electron chi connectivity index (χ2n) is 8.79. The van der Waals surface area contributed by atoms with E-state index in [4.69, 9.17) is 0 Å². The van der Waals surface area contributed by atoms with E-state index in [1.165, 1.54) is 12.1 Å². The zero-order valence-corrected chi connectivity index (χ0v) is 16.6. The fraction of sp³-hybridized carbons (Fsp3) is 0.381. The van der Waals surface area contributed by atoms with Crippen molar-refractivity contribution in [3.63, 3.8) is 0 Å². The van der Waals surface area contributed by atoms with E-state index in [2.05, 4.69) is 36.2 Å². The third-order valence-corrected chi connectivity index (χ3v) is 4.06. The van der Waals surface area contributed by atoms with Gasteiger partial charge in [-0.15, -0.1) is 0 Å². The Balaban J connectivity index is 2.21. The Hall–Kier alpha value is -2.76. The third-order valence-electron chi connectivity index (χ3n) is 4.06. The molecule has 2 heterocycles. The van der Waals surface area contributed by atoms with Crippen LogP contribution in [0.5, 0.6) is 0 Å². The van der Waals surface area contributed by atoms with Crippen LogP contribution in [0.1, 0.15) is 57.7 Å². The summed E-state index contributed by atoms with van der Waals surface area (Å²) in [6, 6.07) is 9.66. The van der Waals surface area contributed by atoms with Crippen molar-refractivity contribution in [2.45, 2.75) is 52.5 Å². The molecule has 5 nitrogen and oxygen atoms in total. The molecule has 3 rings (SSSR count). The van der Waals surface area contributed by atoms with Gasteiger partial charge in [0.15, 0.2) is 5.65 Å². The summed E-state index contributed by atoms with van der Waals surface area (Å²) in [5, 5.41) is 7.59. The smallest absolute Gasteiger partial charge is 0.270 e. The van der Waals surface area contributed by atoms with E-state index in [0.717, 1.165) is 11.3 Å². The molecule has 0 bridgehead atoms. The maximum Gasteiger partial charge on any atom is 0.270 e. The quantitative estimate of drug-likeness (QED) is 0.731. The number of rotatable bonds is 2. The second kappa shape index (κ2) is 6.44. The van der Waals surface area contributed by atoms with Gasteiger partial charge in [0.05, 0.1) is 11.4 Å². The maximum absolute atomic E-state index is 13.3. The predicted octanol–water partition coefficient (Wildman–Crippen LogP) is 4.36. The van der Waals surface area contributed by atoms with Gasteiger partial charge in [0.25, 0.3) is 5.91 Å². The Labute approximate surface area is 158 Å². The fourth-order valence-electron chi connectivity index (χ4n) is 2.68. The molecular formula is C21H25FN4O. The Bertz CT molecular complexity index is 992.